The maximum Gasteiger partial charge on any atom is 0.387 e. The number of nitrogens with zero attached hydrogens (tertiary/aromatic N) is 1. The second-order valence-electron chi connectivity index (χ2n) is 5.79. The van der Waals surface area contributed by atoms with Crippen molar-refractivity contribution in [3.8, 4) is 11.5 Å². The molecule has 8 heteroatoms. The van der Waals surface area contributed by atoms with E-state index < -0.39 is 6.61 Å². The van der Waals surface area contributed by atoms with Gasteiger partial charge in [0.2, 0.25) is 0 Å². The zero-order chi connectivity index (χ0) is 17.4. The van der Waals surface area contributed by atoms with Crippen molar-refractivity contribution in [1.82, 2.24) is 10.6 Å². The van der Waals surface area contributed by atoms with Crippen LogP contribution in [0.1, 0.15) is 31.2 Å². The molecule has 1 saturated carbocycles. The van der Waals surface area contributed by atoms with E-state index in [1.54, 1.807) is 19.2 Å². The largest absolute Gasteiger partial charge is 0.497 e. The second kappa shape index (κ2) is 11.3. The first-order chi connectivity index (χ1) is 11.6. The van der Waals surface area contributed by atoms with Crippen LogP contribution < -0.4 is 20.1 Å². The third-order valence-electron chi connectivity index (χ3n) is 3.93. The second-order valence-corrected chi connectivity index (χ2v) is 5.79. The lowest BCUT2D eigenvalue weighted by Crippen LogP contribution is -2.37. The lowest BCUT2D eigenvalue weighted by atomic mass is 10.2. The fourth-order valence-electron chi connectivity index (χ4n) is 2.44. The average molecular weight is 469 g/mol. The highest BCUT2D eigenvalue weighted by atomic mass is 127. The molecule has 25 heavy (non-hydrogen) atoms. The van der Waals surface area contributed by atoms with E-state index >= 15 is 0 Å². The lowest BCUT2D eigenvalue weighted by Gasteiger charge is -2.15. The van der Waals surface area contributed by atoms with Crippen molar-refractivity contribution in [3.05, 3.63) is 23.8 Å². The van der Waals surface area contributed by atoms with Crippen LogP contribution >= 0.6 is 24.0 Å². The van der Waals surface area contributed by atoms with Crippen LogP contribution in [-0.2, 0) is 6.54 Å². The van der Waals surface area contributed by atoms with E-state index in [1.165, 1.54) is 32.4 Å². The van der Waals surface area contributed by atoms with Gasteiger partial charge in [0.25, 0.3) is 0 Å². The number of hydrogen-bond acceptors (Lipinski definition) is 3. The fraction of sp³-hybridized carbons (Fsp3) is 0.588. The molecule has 5 nitrogen and oxygen atoms in total. The molecule has 0 amide bonds. The lowest BCUT2D eigenvalue weighted by molar-refractivity contribution is -0.0504. The van der Waals surface area contributed by atoms with Crippen LogP contribution in [0.4, 0.5) is 8.78 Å². The summed E-state index contributed by atoms with van der Waals surface area (Å²) in [5, 5.41) is 6.34. The molecule has 1 aromatic rings. The van der Waals surface area contributed by atoms with Crippen LogP contribution in [0.3, 0.4) is 0 Å². The Labute approximate surface area is 164 Å². The number of nitrogens with one attached hydrogen (secondary N) is 2. The summed E-state index contributed by atoms with van der Waals surface area (Å²) in [5.74, 6) is 2.26. The molecule has 0 aliphatic heterocycles. The molecule has 1 aliphatic carbocycles. The number of methoxy groups -OCH3 is 1. The summed E-state index contributed by atoms with van der Waals surface area (Å²) in [6.45, 7) is -1.71. The summed E-state index contributed by atoms with van der Waals surface area (Å²) < 4.78 is 34.7. The number of halogens is 3. The van der Waals surface area contributed by atoms with Gasteiger partial charge in [0, 0.05) is 25.7 Å². The molecule has 0 bridgehead atoms. The standard InChI is InChI=1S/C17H25F2N3O2.HI/c1-20-17(21-9-3-4-12-5-6-12)22-11-13-10-14(23-2)7-8-15(13)24-16(18)19;/h7-8,10,12,16H,3-6,9,11H2,1-2H3,(H2,20,21,22);1H. The van der Waals surface area contributed by atoms with Crippen LogP contribution in [0.25, 0.3) is 0 Å². The summed E-state index contributed by atoms with van der Waals surface area (Å²) >= 11 is 0. The van der Waals surface area contributed by atoms with Gasteiger partial charge in [-0.15, -0.1) is 24.0 Å². The van der Waals surface area contributed by atoms with Gasteiger partial charge in [0.15, 0.2) is 5.96 Å². The molecule has 0 heterocycles. The fourth-order valence-corrected chi connectivity index (χ4v) is 2.44. The molecule has 0 atom stereocenters. The van der Waals surface area contributed by atoms with E-state index in [0.717, 1.165) is 18.9 Å². The molecule has 0 aromatic heterocycles. The molecule has 1 aromatic carbocycles. The molecule has 0 saturated heterocycles. The van der Waals surface area contributed by atoms with Crippen molar-refractivity contribution in [2.75, 3.05) is 20.7 Å². The molecule has 1 fully saturated rings. The summed E-state index contributed by atoms with van der Waals surface area (Å²) in [5.41, 5.74) is 0.579. The van der Waals surface area contributed by atoms with Gasteiger partial charge < -0.3 is 20.1 Å². The van der Waals surface area contributed by atoms with E-state index in [1.807, 2.05) is 0 Å². The van der Waals surface area contributed by atoms with Crippen LogP contribution in [-0.4, -0.2) is 33.3 Å². The van der Waals surface area contributed by atoms with Crippen molar-refractivity contribution >= 4 is 29.9 Å². The van der Waals surface area contributed by atoms with Crippen LogP contribution in [0, 0.1) is 5.92 Å². The van der Waals surface area contributed by atoms with Crippen LogP contribution in [0.2, 0.25) is 0 Å². The highest BCUT2D eigenvalue weighted by molar-refractivity contribution is 14.0. The van der Waals surface area contributed by atoms with E-state index in [0.29, 0.717) is 23.8 Å². The highest BCUT2D eigenvalue weighted by Crippen LogP contribution is 2.33. The number of alkyl halides is 2. The predicted octanol–water partition coefficient (Wildman–Crippen LogP) is 3.77. The van der Waals surface area contributed by atoms with Crippen LogP contribution in [0.5, 0.6) is 11.5 Å². The Balaban J connectivity index is 0.00000312. The smallest absolute Gasteiger partial charge is 0.387 e. The van der Waals surface area contributed by atoms with Gasteiger partial charge in [-0.05, 0) is 37.0 Å². The number of rotatable bonds is 9. The Morgan fingerprint density at radius 2 is 2.08 bits per heavy atom. The molecule has 0 spiro atoms. The number of benzene rings is 1. The number of hydrogen-bond donors (Lipinski definition) is 2. The Morgan fingerprint density at radius 1 is 1.32 bits per heavy atom. The Bertz CT molecular complexity index is 555. The minimum absolute atomic E-state index is 0. The molecule has 142 valence electrons. The first-order valence-electron chi connectivity index (χ1n) is 8.18. The monoisotopic (exact) mass is 469 g/mol. The Hall–Kier alpha value is -1.32. The number of guanidine groups is 1. The molecule has 2 rings (SSSR count). The first kappa shape index (κ1) is 21.7. The van der Waals surface area contributed by atoms with Crippen molar-refractivity contribution in [2.45, 2.75) is 38.8 Å². The van der Waals surface area contributed by atoms with Gasteiger partial charge in [-0.2, -0.15) is 8.78 Å². The third-order valence-corrected chi connectivity index (χ3v) is 3.93. The van der Waals surface area contributed by atoms with E-state index in [-0.39, 0.29) is 29.7 Å². The Kier molecular flexibility index (Phi) is 9.84. The van der Waals surface area contributed by atoms with E-state index in [4.69, 9.17) is 4.74 Å². The molecule has 2 N–H and O–H groups in total. The third kappa shape index (κ3) is 8.06. The van der Waals surface area contributed by atoms with Gasteiger partial charge in [0.1, 0.15) is 11.5 Å². The van der Waals surface area contributed by atoms with Crippen molar-refractivity contribution in [3.63, 3.8) is 0 Å². The summed E-state index contributed by atoms with van der Waals surface area (Å²) in [6.07, 6.45) is 5.06. The quantitative estimate of drug-likeness (QED) is 0.250. The zero-order valence-electron chi connectivity index (χ0n) is 14.6. The number of ether oxygens (including phenoxy) is 2. The van der Waals surface area contributed by atoms with Gasteiger partial charge in [-0.25, -0.2) is 0 Å². The maximum absolute atomic E-state index is 12.5. The van der Waals surface area contributed by atoms with Gasteiger partial charge in [0.05, 0.1) is 7.11 Å². The SMILES string of the molecule is CN=C(NCCCC1CC1)NCc1cc(OC)ccc1OC(F)F.I. The molecule has 0 unspecified atom stereocenters. The Morgan fingerprint density at radius 3 is 2.68 bits per heavy atom. The van der Waals surface area contributed by atoms with E-state index in [9.17, 15) is 8.78 Å². The predicted molar refractivity (Wildman–Crippen MR) is 105 cm³/mol. The van der Waals surface area contributed by atoms with E-state index in [2.05, 4.69) is 20.4 Å². The van der Waals surface area contributed by atoms with Crippen molar-refractivity contribution < 1.29 is 18.3 Å². The normalized spacial score (nSPS) is 14.0. The average Bonchev–Trinajstić information content (AvgIpc) is 3.39. The van der Waals surface area contributed by atoms with Crippen LogP contribution in [0.15, 0.2) is 23.2 Å². The minimum Gasteiger partial charge on any atom is -0.497 e. The van der Waals surface area contributed by atoms with Crippen molar-refractivity contribution in [1.29, 1.82) is 0 Å². The van der Waals surface area contributed by atoms with Gasteiger partial charge in [-0.3, -0.25) is 4.99 Å². The molecular formula is C17H26F2IN3O2. The van der Waals surface area contributed by atoms with Gasteiger partial charge in [-0.1, -0.05) is 12.8 Å². The minimum atomic E-state index is -2.86. The first-order valence-corrected chi connectivity index (χ1v) is 8.18. The number of aliphatic imine (C=N–C) groups is 1. The van der Waals surface area contributed by atoms with Crippen molar-refractivity contribution in [2.24, 2.45) is 10.9 Å². The molecule has 0 radical (unpaired) electrons. The molecular weight excluding hydrogens is 443 g/mol. The zero-order valence-corrected chi connectivity index (χ0v) is 16.9. The van der Waals surface area contributed by atoms with Gasteiger partial charge >= 0.3 is 6.61 Å². The summed E-state index contributed by atoms with van der Waals surface area (Å²) in [7, 11) is 3.21. The topological polar surface area (TPSA) is 54.9 Å². The summed E-state index contributed by atoms with van der Waals surface area (Å²) in [4.78, 5) is 4.14. The maximum atomic E-state index is 12.5. The summed E-state index contributed by atoms with van der Waals surface area (Å²) in [6, 6.07) is 4.74. The highest BCUT2D eigenvalue weighted by Gasteiger charge is 2.20. The molecule has 1 aliphatic rings.